The van der Waals surface area contributed by atoms with Crippen LogP contribution in [0.2, 0.25) is 0 Å². The minimum Gasteiger partial charge on any atom is -0.462 e. The molecule has 6 heteroatoms. The fourth-order valence-electron chi connectivity index (χ4n) is 9.15. The van der Waals surface area contributed by atoms with Crippen LogP contribution in [-0.2, 0) is 28.6 Å². The van der Waals surface area contributed by atoms with Gasteiger partial charge >= 0.3 is 17.9 Å². The van der Waals surface area contributed by atoms with E-state index in [2.05, 4.69) is 81.5 Å². The first-order valence-electron chi connectivity index (χ1n) is 31.8. The highest BCUT2D eigenvalue weighted by Gasteiger charge is 2.19. The summed E-state index contributed by atoms with van der Waals surface area (Å²) >= 11 is 0. The van der Waals surface area contributed by atoms with Crippen molar-refractivity contribution in [3.63, 3.8) is 0 Å². The van der Waals surface area contributed by atoms with Gasteiger partial charge in [0.15, 0.2) is 6.10 Å². The van der Waals surface area contributed by atoms with E-state index in [1.807, 2.05) is 0 Å². The van der Waals surface area contributed by atoms with E-state index in [1.54, 1.807) is 0 Å². The molecule has 0 radical (unpaired) electrons. The summed E-state index contributed by atoms with van der Waals surface area (Å²) in [5, 5.41) is 0. The fraction of sp³-hybridized carbons (Fsp3) is 0.806. The second kappa shape index (κ2) is 61.7. The lowest BCUT2D eigenvalue weighted by atomic mass is 10.0. The van der Waals surface area contributed by atoms with E-state index >= 15 is 0 Å². The average molecular weight is 1020 g/mol. The van der Waals surface area contributed by atoms with Gasteiger partial charge < -0.3 is 14.2 Å². The highest BCUT2D eigenvalue weighted by Crippen LogP contribution is 2.17. The summed E-state index contributed by atoms with van der Waals surface area (Å²) in [7, 11) is 0. The number of esters is 3. The largest absolute Gasteiger partial charge is 0.462 e. The Kier molecular flexibility index (Phi) is 59.2. The van der Waals surface area contributed by atoms with Gasteiger partial charge in [-0.1, -0.05) is 268 Å². The van der Waals surface area contributed by atoms with Crippen molar-refractivity contribution in [2.45, 2.75) is 335 Å². The lowest BCUT2D eigenvalue weighted by molar-refractivity contribution is -0.167. The second-order valence-electron chi connectivity index (χ2n) is 21.3. The van der Waals surface area contributed by atoms with Crippen molar-refractivity contribution in [1.29, 1.82) is 0 Å². The molecular formula is C67H120O6. The van der Waals surface area contributed by atoms with Crippen molar-refractivity contribution >= 4 is 17.9 Å². The fourth-order valence-corrected chi connectivity index (χ4v) is 9.15. The molecule has 0 N–H and O–H groups in total. The molecule has 0 amide bonds. The van der Waals surface area contributed by atoms with E-state index in [9.17, 15) is 14.4 Å². The molecule has 0 aromatic carbocycles. The maximum Gasteiger partial charge on any atom is 0.306 e. The zero-order chi connectivity index (χ0) is 52.9. The number of carbonyl (C=O) groups excluding carboxylic acids is 3. The normalized spacial score (nSPS) is 12.4. The summed E-state index contributed by atoms with van der Waals surface area (Å²) in [5.74, 6) is -0.885. The third kappa shape index (κ3) is 59.9. The summed E-state index contributed by atoms with van der Waals surface area (Å²) < 4.78 is 16.8. The molecule has 0 aromatic heterocycles. The highest BCUT2D eigenvalue weighted by atomic mass is 16.6. The monoisotopic (exact) mass is 1020 g/mol. The zero-order valence-corrected chi connectivity index (χ0v) is 48.7. The molecule has 1 atom stereocenters. The lowest BCUT2D eigenvalue weighted by Crippen LogP contribution is -2.30. The molecule has 0 aliphatic carbocycles. The van der Waals surface area contributed by atoms with Crippen molar-refractivity contribution in [1.82, 2.24) is 0 Å². The molecule has 1 unspecified atom stereocenters. The maximum absolute atomic E-state index is 12.8. The number of carbonyl (C=O) groups is 3. The SMILES string of the molecule is CCC/C=C\CCCCCCCC(=O)OCC(COC(=O)CCCCCCCCCCCCCCCCCC/C=C\C/C=C\C/C=C\CCCCCCC)OC(=O)CCCCCCC/C=C\CCCCCCC. The van der Waals surface area contributed by atoms with Gasteiger partial charge in [-0.25, -0.2) is 0 Å². The molecule has 73 heavy (non-hydrogen) atoms. The molecule has 0 rings (SSSR count). The van der Waals surface area contributed by atoms with Crippen LogP contribution in [0.1, 0.15) is 329 Å². The van der Waals surface area contributed by atoms with E-state index in [1.165, 1.54) is 193 Å². The Morgan fingerprint density at radius 1 is 0.274 bits per heavy atom. The van der Waals surface area contributed by atoms with Crippen LogP contribution >= 0.6 is 0 Å². The molecule has 0 saturated carbocycles. The number of ether oxygens (including phenoxy) is 3. The number of allylic oxidation sites excluding steroid dienone is 10. The average Bonchev–Trinajstić information content (AvgIpc) is 3.39. The van der Waals surface area contributed by atoms with Gasteiger partial charge in [-0.05, 0) is 103 Å². The Morgan fingerprint density at radius 3 is 0.836 bits per heavy atom. The van der Waals surface area contributed by atoms with Gasteiger partial charge in [0.1, 0.15) is 13.2 Å². The van der Waals surface area contributed by atoms with Crippen molar-refractivity contribution in [2.24, 2.45) is 0 Å². The van der Waals surface area contributed by atoms with Gasteiger partial charge in [0.05, 0.1) is 0 Å². The van der Waals surface area contributed by atoms with Crippen LogP contribution in [0.15, 0.2) is 60.8 Å². The first-order valence-corrected chi connectivity index (χ1v) is 31.8. The van der Waals surface area contributed by atoms with Crippen LogP contribution in [0.3, 0.4) is 0 Å². The molecular weight excluding hydrogens is 901 g/mol. The summed E-state index contributed by atoms with van der Waals surface area (Å²) in [6.07, 6.45) is 78.2. The molecule has 0 aromatic rings. The summed E-state index contributed by atoms with van der Waals surface area (Å²) in [6.45, 7) is 6.57. The predicted molar refractivity (Wildman–Crippen MR) is 316 cm³/mol. The number of hydrogen-bond acceptors (Lipinski definition) is 6. The molecule has 424 valence electrons. The van der Waals surface area contributed by atoms with Gasteiger partial charge in [-0.2, -0.15) is 0 Å². The number of unbranched alkanes of at least 4 members (excludes halogenated alkanes) is 37. The maximum atomic E-state index is 12.8. The molecule has 0 saturated heterocycles. The highest BCUT2D eigenvalue weighted by molar-refractivity contribution is 5.71. The summed E-state index contributed by atoms with van der Waals surface area (Å²) in [6, 6.07) is 0. The van der Waals surface area contributed by atoms with Crippen molar-refractivity contribution in [3.05, 3.63) is 60.8 Å². The summed E-state index contributed by atoms with van der Waals surface area (Å²) in [4.78, 5) is 38.1. The molecule has 6 nitrogen and oxygen atoms in total. The molecule has 0 heterocycles. The molecule has 0 aliphatic rings. The Bertz CT molecular complexity index is 1310. The van der Waals surface area contributed by atoms with Gasteiger partial charge in [-0.3, -0.25) is 14.4 Å². The third-order valence-electron chi connectivity index (χ3n) is 13.9. The van der Waals surface area contributed by atoms with Crippen LogP contribution in [0.25, 0.3) is 0 Å². The topological polar surface area (TPSA) is 78.9 Å². The van der Waals surface area contributed by atoms with E-state index < -0.39 is 6.10 Å². The first kappa shape index (κ1) is 70.1. The predicted octanol–water partition coefficient (Wildman–Crippen LogP) is 21.6. The smallest absolute Gasteiger partial charge is 0.306 e. The molecule has 0 aliphatic heterocycles. The lowest BCUT2D eigenvalue weighted by Gasteiger charge is -2.18. The number of hydrogen-bond donors (Lipinski definition) is 0. The minimum absolute atomic E-state index is 0.0777. The Hall–Kier alpha value is -2.89. The summed E-state index contributed by atoms with van der Waals surface area (Å²) in [5.41, 5.74) is 0. The first-order chi connectivity index (χ1) is 36.0. The van der Waals surface area contributed by atoms with Gasteiger partial charge in [-0.15, -0.1) is 0 Å². The number of rotatable bonds is 58. The van der Waals surface area contributed by atoms with Crippen molar-refractivity contribution in [3.8, 4) is 0 Å². The molecule has 0 spiro atoms. The van der Waals surface area contributed by atoms with Gasteiger partial charge in [0.25, 0.3) is 0 Å². The van der Waals surface area contributed by atoms with Gasteiger partial charge in [0, 0.05) is 19.3 Å². The minimum atomic E-state index is -0.779. The van der Waals surface area contributed by atoms with Gasteiger partial charge in [0.2, 0.25) is 0 Å². The third-order valence-corrected chi connectivity index (χ3v) is 13.9. The van der Waals surface area contributed by atoms with Crippen molar-refractivity contribution < 1.29 is 28.6 Å². The Balaban J connectivity index is 4.10. The van der Waals surface area contributed by atoms with Crippen LogP contribution in [0.4, 0.5) is 0 Å². The van der Waals surface area contributed by atoms with Crippen LogP contribution in [0.5, 0.6) is 0 Å². The van der Waals surface area contributed by atoms with Crippen LogP contribution in [-0.4, -0.2) is 37.2 Å². The quantitative estimate of drug-likeness (QED) is 0.0261. The van der Waals surface area contributed by atoms with E-state index in [0.29, 0.717) is 19.3 Å². The Morgan fingerprint density at radius 2 is 0.521 bits per heavy atom. The Labute approximate surface area is 453 Å². The van der Waals surface area contributed by atoms with Crippen LogP contribution in [0, 0.1) is 0 Å². The standard InChI is InChI=1S/C67H120O6/c1-4-7-10-13-16-19-22-24-26-27-28-29-30-31-32-33-34-35-36-37-38-39-40-41-42-44-45-48-51-54-57-60-66(69)72-63-64(62-71-65(68)59-56-53-50-47-21-18-15-12-9-6-3)73-67(70)61-58-55-52-49-46-43-25-23-20-17-14-11-8-5-2/h12,15,22-25,27-28,30-31,64H,4-11,13-14,16-21,26,29,32-63H2,1-3H3/b15-12-,24-22-,25-23-,28-27-,31-30-. The van der Waals surface area contributed by atoms with E-state index in [-0.39, 0.29) is 31.1 Å². The second-order valence-corrected chi connectivity index (χ2v) is 21.3. The van der Waals surface area contributed by atoms with Crippen LogP contribution < -0.4 is 0 Å². The zero-order valence-electron chi connectivity index (χ0n) is 48.7. The van der Waals surface area contributed by atoms with E-state index in [0.717, 1.165) is 96.3 Å². The molecule has 0 fully saturated rings. The molecule has 0 bridgehead atoms. The van der Waals surface area contributed by atoms with E-state index in [4.69, 9.17) is 14.2 Å². The van der Waals surface area contributed by atoms with Crippen molar-refractivity contribution in [2.75, 3.05) is 13.2 Å².